The molecule has 0 atom stereocenters. The summed E-state index contributed by atoms with van der Waals surface area (Å²) in [5, 5.41) is 7.06. The SMILES string of the molecule is O=C(Nc1ccc(-c2ccccc2)cc1)OCCCCC[P+](c1ccccc1)(c1ccccc1)c1ccccc1. The first kappa shape index (κ1) is 27.4. The molecule has 5 rings (SSSR count). The van der Waals surface area contributed by atoms with Gasteiger partial charge in [-0.2, -0.15) is 0 Å². The van der Waals surface area contributed by atoms with Crippen molar-refractivity contribution in [1.29, 1.82) is 0 Å². The highest BCUT2D eigenvalue weighted by Crippen LogP contribution is 2.55. The van der Waals surface area contributed by atoms with E-state index in [4.69, 9.17) is 4.74 Å². The first-order valence-corrected chi connectivity index (χ1v) is 15.9. The lowest BCUT2D eigenvalue weighted by Crippen LogP contribution is -2.33. The third-order valence-corrected chi connectivity index (χ3v) is 11.7. The lowest BCUT2D eigenvalue weighted by molar-refractivity contribution is 0.159. The Morgan fingerprint density at radius 2 is 0.975 bits per heavy atom. The number of nitrogens with one attached hydrogen (secondary N) is 1. The number of ether oxygens (including phenoxy) is 1. The normalized spacial score (nSPS) is 11.1. The van der Waals surface area contributed by atoms with E-state index in [1.54, 1.807) is 0 Å². The van der Waals surface area contributed by atoms with Crippen LogP contribution in [0.3, 0.4) is 0 Å². The van der Waals surface area contributed by atoms with Gasteiger partial charge in [-0.25, -0.2) is 4.79 Å². The van der Waals surface area contributed by atoms with E-state index < -0.39 is 13.4 Å². The molecule has 0 aliphatic carbocycles. The molecule has 0 unspecified atom stereocenters. The van der Waals surface area contributed by atoms with Gasteiger partial charge in [-0.3, -0.25) is 5.32 Å². The number of carbonyl (C=O) groups is 1. The molecule has 0 radical (unpaired) electrons. The molecule has 0 bridgehead atoms. The van der Waals surface area contributed by atoms with Crippen molar-refractivity contribution in [3.63, 3.8) is 0 Å². The Labute approximate surface area is 238 Å². The van der Waals surface area contributed by atoms with Crippen LogP contribution in [0.1, 0.15) is 19.3 Å². The third-order valence-electron chi connectivity index (χ3n) is 7.20. The highest BCUT2D eigenvalue weighted by molar-refractivity contribution is 7.95. The van der Waals surface area contributed by atoms with E-state index >= 15 is 0 Å². The van der Waals surface area contributed by atoms with Crippen molar-refractivity contribution in [2.75, 3.05) is 18.1 Å². The van der Waals surface area contributed by atoms with Crippen molar-refractivity contribution in [3.05, 3.63) is 146 Å². The molecule has 1 amide bonds. The number of carbonyl (C=O) groups excluding carboxylic acids is 1. The van der Waals surface area contributed by atoms with Gasteiger partial charge in [0, 0.05) is 5.69 Å². The highest BCUT2D eigenvalue weighted by atomic mass is 31.2. The number of hydrogen-bond acceptors (Lipinski definition) is 2. The fraction of sp³-hybridized carbons (Fsp3) is 0.139. The van der Waals surface area contributed by atoms with E-state index in [1.807, 2.05) is 42.5 Å². The van der Waals surface area contributed by atoms with Gasteiger partial charge in [-0.05, 0) is 78.9 Å². The van der Waals surface area contributed by atoms with E-state index in [1.165, 1.54) is 15.9 Å². The lowest BCUT2D eigenvalue weighted by atomic mass is 10.1. The maximum absolute atomic E-state index is 12.4. The zero-order valence-electron chi connectivity index (χ0n) is 22.7. The van der Waals surface area contributed by atoms with Crippen LogP contribution in [-0.2, 0) is 4.74 Å². The molecule has 1 N–H and O–H groups in total. The molecule has 200 valence electrons. The van der Waals surface area contributed by atoms with Crippen molar-refractivity contribution >= 4 is 35.0 Å². The van der Waals surface area contributed by atoms with E-state index in [2.05, 4.69) is 108 Å². The molecule has 0 aliphatic rings. The van der Waals surface area contributed by atoms with Crippen LogP contribution in [0.4, 0.5) is 10.5 Å². The molecule has 4 heteroatoms. The van der Waals surface area contributed by atoms with Crippen molar-refractivity contribution in [3.8, 4) is 11.1 Å². The number of anilines is 1. The summed E-state index contributed by atoms with van der Waals surface area (Å²) >= 11 is 0. The maximum Gasteiger partial charge on any atom is 0.411 e. The van der Waals surface area contributed by atoms with Crippen LogP contribution in [0.15, 0.2) is 146 Å². The topological polar surface area (TPSA) is 38.3 Å². The Hall–Kier alpha value is -4.20. The lowest BCUT2D eigenvalue weighted by Gasteiger charge is -2.27. The smallest absolute Gasteiger partial charge is 0.411 e. The Kier molecular flexibility index (Phi) is 9.40. The first-order chi connectivity index (χ1) is 19.8. The van der Waals surface area contributed by atoms with Crippen LogP contribution in [0.2, 0.25) is 0 Å². The predicted octanol–water partition coefficient (Wildman–Crippen LogP) is 8.07. The predicted molar refractivity (Wildman–Crippen MR) is 171 cm³/mol. The molecular formula is C36H35NO2P+. The third kappa shape index (κ3) is 6.68. The van der Waals surface area contributed by atoms with E-state index in [-0.39, 0.29) is 0 Å². The van der Waals surface area contributed by atoms with Gasteiger partial charge in [0.2, 0.25) is 0 Å². The molecule has 0 aromatic heterocycles. The van der Waals surface area contributed by atoms with Gasteiger partial charge in [-0.15, -0.1) is 0 Å². The van der Waals surface area contributed by atoms with E-state index in [0.29, 0.717) is 6.61 Å². The van der Waals surface area contributed by atoms with Crippen LogP contribution in [-0.4, -0.2) is 18.9 Å². The summed E-state index contributed by atoms with van der Waals surface area (Å²) in [6.45, 7) is 0.404. The molecular weight excluding hydrogens is 509 g/mol. The molecule has 0 saturated heterocycles. The van der Waals surface area contributed by atoms with Gasteiger partial charge in [0.1, 0.15) is 23.2 Å². The maximum atomic E-state index is 12.4. The zero-order chi connectivity index (χ0) is 27.5. The largest absolute Gasteiger partial charge is 0.449 e. The minimum Gasteiger partial charge on any atom is -0.449 e. The molecule has 0 fully saturated rings. The fourth-order valence-electron chi connectivity index (χ4n) is 5.21. The van der Waals surface area contributed by atoms with Gasteiger partial charge in [-0.1, -0.05) is 97.1 Å². The summed E-state index contributed by atoms with van der Waals surface area (Å²) in [6.07, 6.45) is 3.54. The first-order valence-electron chi connectivity index (χ1n) is 13.9. The van der Waals surface area contributed by atoms with Crippen LogP contribution >= 0.6 is 7.26 Å². The molecule has 40 heavy (non-hydrogen) atoms. The Bertz CT molecular complexity index is 1360. The fourth-order valence-corrected chi connectivity index (χ4v) is 9.62. The molecule has 5 aromatic carbocycles. The van der Waals surface area contributed by atoms with Crippen LogP contribution in [0.5, 0.6) is 0 Å². The van der Waals surface area contributed by atoms with Gasteiger partial charge >= 0.3 is 6.09 Å². The van der Waals surface area contributed by atoms with E-state index in [0.717, 1.165) is 42.2 Å². The summed E-state index contributed by atoms with van der Waals surface area (Å²) in [5.74, 6) is 0. The van der Waals surface area contributed by atoms with Crippen LogP contribution in [0, 0.1) is 0 Å². The molecule has 0 heterocycles. The second-order valence-corrected chi connectivity index (χ2v) is 13.4. The molecule has 3 nitrogen and oxygen atoms in total. The number of benzene rings is 5. The zero-order valence-corrected chi connectivity index (χ0v) is 23.6. The minimum absolute atomic E-state index is 0.404. The van der Waals surface area contributed by atoms with Crippen LogP contribution < -0.4 is 21.2 Å². The second-order valence-electron chi connectivity index (χ2n) is 9.80. The summed E-state index contributed by atoms with van der Waals surface area (Å²) in [5.41, 5.74) is 2.99. The molecule has 5 aromatic rings. The Morgan fingerprint density at radius 3 is 1.48 bits per heavy atom. The van der Waals surface area contributed by atoms with Crippen LogP contribution in [0.25, 0.3) is 11.1 Å². The average Bonchev–Trinajstić information content (AvgIpc) is 3.03. The van der Waals surface area contributed by atoms with Gasteiger partial charge in [0.15, 0.2) is 0 Å². The van der Waals surface area contributed by atoms with Crippen molar-refractivity contribution in [2.45, 2.75) is 19.3 Å². The Morgan fingerprint density at radius 1 is 0.525 bits per heavy atom. The highest BCUT2D eigenvalue weighted by Gasteiger charge is 2.44. The summed E-state index contributed by atoms with van der Waals surface area (Å²) < 4.78 is 5.51. The molecule has 0 aliphatic heterocycles. The summed E-state index contributed by atoms with van der Waals surface area (Å²) in [6, 6.07) is 50.9. The second kappa shape index (κ2) is 13.7. The monoisotopic (exact) mass is 544 g/mol. The van der Waals surface area contributed by atoms with Crippen molar-refractivity contribution in [2.24, 2.45) is 0 Å². The number of rotatable bonds is 11. The average molecular weight is 545 g/mol. The number of amides is 1. The molecule has 0 spiro atoms. The standard InChI is InChI=1S/C36H34NO2P/c38-36(37-32-26-24-31(25-27-32)30-16-6-1-7-17-30)39-28-14-5-15-29-40(33-18-8-2-9-19-33,34-20-10-3-11-21-34)35-22-12-4-13-23-35/h1-4,6-13,16-27H,5,14-15,28-29H2/p+1. The summed E-state index contributed by atoms with van der Waals surface area (Å²) in [7, 11) is -1.81. The number of hydrogen-bond donors (Lipinski definition) is 1. The Balaban J connectivity index is 1.17. The van der Waals surface area contributed by atoms with E-state index in [9.17, 15) is 4.79 Å². The van der Waals surface area contributed by atoms with Gasteiger partial charge in [0.25, 0.3) is 0 Å². The minimum atomic E-state index is -1.81. The summed E-state index contributed by atoms with van der Waals surface area (Å²) in [4.78, 5) is 12.4. The number of unbranched alkanes of at least 4 members (excludes halogenated alkanes) is 2. The van der Waals surface area contributed by atoms with Gasteiger partial charge in [0.05, 0.1) is 12.8 Å². The van der Waals surface area contributed by atoms with Crippen molar-refractivity contribution < 1.29 is 9.53 Å². The van der Waals surface area contributed by atoms with Gasteiger partial charge < -0.3 is 4.74 Å². The molecule has 0 saturated carbocycles. The van der Waals surface area contributed by atoms with Crippen molar-refractivity contribution in [1.82, 2.24) is 0 Å². The quantitative estimate of drug-likeness (QED) is 0.135.